The average Bonchev–Trinajstić information content (AvgIpc) is 0.895. The van der Waals surface area contributed by atoms with Crippen LogP contribution in [0.25, 0.3) is 0 Å². The molecule has 7 aliphatic rings. The van der Waals surface area contributed by atoms with Crippen molar-refractivity contribution in [1.29, 1.82) is 0 Å². The molecule has 133 heavy (non-hydrogen) atoms. The smallest absolute Gasteiger partial charge is 0.186 e. The Morgan fingerprint density at radius 3 is 0.579 bits per heavy atom. The van der Waals surface area contributed by atoms with Crippen molar-refractivity contribution in [1.82, 2.24) is 0 Å². The Hall–Kier alpha value is -1.98. The maximum absolute atomic E-state index is 13.4. The summed E-state index contributed by atoms with van der Waals surface area (Å²) in [4.78, 5) is 0. The lowest BCUT2D eigenvalue weighted by Gasteiger charge is -2.42. The number of sulfone groups is 6. The topological polar surface area (TPSA) is 835 Å². The fourth-order valence-electron chi connectivity index (χ4n) is 14.6. The third-order valence-electron chi connectivity index (χ3n) is 22.4. The first-order chi connectivity index (χ1) is 62.7. The molecule has 0 aromatic carbocycles. The van der Waals surface area contributed by atoms with Gasteiger partial charge in [0.15, 0.2) is 103 Å². The van der Waals surface area contributed by atoms with Gasteiger partial charge < -0.3 is 207 Å². The van der Waals surface area contributed by atoms with Crippen LogP contribution in [0, 0.1) is 0 Å². The fourth-order valence-corrected chi connectivity index (χ4v) is 21.3. The second-order valence-corrected chi connectivity index (χ2v) is 46.4. The number of ether oxygens (including phenoxy) is 20. The molecular weight excluding hydrogens is 1930 g/mol. The Bertz CT molecular complexity index is 4020. The summed E-state index contributed by atoms with van der Waals surface area (Å²) >= 11 is 0. The molecule has 0 radical (unpaired) electrons. The van der Waals surface area contributed by atoms with E-state index in [-0.39, 0.29) is 58.3 Å². The van der Waals surface area contributed by atoms with Crippen molar-refractivity contribution < 1.29 is 258 Å². The first kappa shape index (κ1) is 118. The third kappa shape index (κ3) is 36.7. The van der Waals surface area contributed by atoms with E-state index < -0.39 is 449 Å². The summed E-state index contributed by atoms with van der Waals surface area (Å²) in [5.74, 6) is -7.27. The van der Waals surface area contributed by atoms with Crippen LogP contribution in [0.3, 0.4) is 0 Å². The highest BCUT2D eigenvalue weighted by Gasteiger charge is 2.52. The second kappa shape index (κ2) is 56.3. The second-order valence-electron chi connectivity index (χ2n) is 32.6. The van der Waals surface area contributed by atoms with Gasteiger partial charge in [0.25, 0.3) is 0 Å². The molecule has 7 aliphatic heterocycles. The lowest BCUT2D eigenvalue weighted by atomic mass is 9.99. The molecule has 0 aromatic heterocycles. The fraction of sp³-hybridized carbons (Fsp3) is 1.00. The van der Waals surface area contributed by atoms with E-state index in [1.54, 1.807) is 0 Å². The summed E-state index contributed by atoms with van der Waals surface area (Å²) in [6.07, 6.45) is -58.7. The van der Waals surface area contributed by atoms with Gasteiger partial charge in [0, 0.05) is 46.8 Å². The van der Waals surface area contributed by atoms with Crippen LogP contribution in [0.15, 0.2) is 0 Å². The lowest BCUT2D eigenvalue weighted by molar-refractivity contribution is -0.308. The molecule has 0 amide bonds. The van der Waals surface area contributed by atoms with Crippen LogP contribution in [0.4, 0.5) is 0 Å². The van der Waals surface area contributed by atoms with Crippen LogP contribution in [0.1, 0.15) is 38.5 Å². The zero-order valence-electron chi connectivity index (χ0n) is 72.7. The molecule has 7 heterocycles. The zero-order chi connectivity index (χ0) is 98.5. The van der Waals surface area contributed by atoms with Gasteiger partial charge in [0.2, 0.25) is 0 Å². The summed E-state index contributed by atoms with van der Waals surface area (Å²) in [5.41, 5.74) is 0. The Balaban J connectivity index is 0.853. The summed E-state index contributed by atoms with van der Waals surface area (Å²) < 4.78 is 267. The van der Waals surface area contributed by atoms with Crippen LogP contribution >= 0.6 is 0 Å². The van der Waals surface area contributed by atoms with E-state index in [9.17, 15) is 163 Å². The first-order valence-electron chi connectivity index (χ1n) is 43.0. The van der Waals surface area contributed by atoms with Crippen molar-refractivity contribution in [2.24, 2.45) is 0 Å². The lowest BCUT2D eigenvalue weighted by Crippen LogP contribution is -2.60. The molecule has 0 bridgehead atoms. The molecule has 786 valence electrons. The van der Waals surface area contributed by atoms with Crippen LogP contribution < -0.4 is 0 Å². The number of rotatable bonds is 62. The number of aliphatic hydroxyl groups excluding tert-OH is 22. The molecule has 22 N–H and O–H groups in total. The molecule has 54 nitrogen and oxygen atoms in total. The highest BCUT2D eigenvalue weighted by atomic mass is 32.2. The maximum Gasteiger partial charge on any atom is 0.186 e. The molecule has 35 atom stereocenters. The highest BCUT2D eigenvalue weighted by molar-refractivity contribution is 7.92. The summed E-state index contributed by atoms with van der Waals surface area (Å²) in [6.45, 7) is -10.3. The molecule has 60 heteroatoms. The van der Waals surface area contributed by atoms with E-state index >= 15 is 0 Å². The summed E-state index contributed by atoms with van der Waals surface area (Å²) in [7, 11) is -22.7. The number of aliphatic hydroxyl groups is 22. The van der Waals surface area contributed by atoms with Gasteiger partial charge in [-0.25, -0.2) is 50.5 Å². The Kier molecular flexibility index (Phi) is 50.0. The SMILES string of the molecule is CO[C@H]1O[C@H](COCCCS(=O)(=O)CCO[C@H]2O[C@H](COCCCS(=O)(=O)CCO[C@H]3O[C@H](CO)[C@@H](O)[C@H](O)[C@@H]3O)[C@@H](O)[C@H](OCCCS(=O)(=O)CCO[C@H]3O[C@H](CO)[C@@H](O)[C@H](O)[C@@H]3O)[C@@H]2O)[C@@H](O)[C@H](OCCCS(=O)(=O)CCO[C@H]2O[C@H](COCCCS(=O)(=O)CCO[C@H]3O[C@H](CO)[C@@H](O)[C@H](O)[C@@H]3O)[C@@H](O)[C@H](OCCCS(=O)(=O)CCO[C@H]3O[C@H](CO)[C@@H](O)[C@H](O)[C@@H]3O)[C@@H]2O)[C@@H]1O. The van der Waals surface area contributed by atoms with Gasteiger partial charge in [-0.3, -0.25) is 0 Å². The maximum atomic E-state index is 13.4. The quantitative estimate of drug-likeness (QED) is 0.0251. The van der Waals surface area contributed by atoms with Crippen molar-refractivity contribution in [2.45, 2.75) is 253 Å². The van der Waals surface area contributed by atoms with E-state index in [4.69, 9.17) is 94.7 Å². The average molecular weight is 2070 g/mol. The van der Waals surface area contributed by atoms with E-state index in [0.29, 0.717) is 0 Å². The normalized spacial score (nSPS) is 37.1. The molecule has 0 unspecified atom stereocenters. The van der Waals surface area contributed by atoms with Gasteiger partial charge >= 0.3 is 0 Å². The zero-order valence-corrected chi connectivity index (χ0v) is 77.6. The van der Waals surface area contributed by atoms with Crippen molar-refractivity contribution in [3.05, 3.63) is 0 Å². The first-order valence-corrected chi connectivity index (χ1v) is 53.9. The Labute approximate surface area is 767 Å². The van der Waals surface area contributed by atoms with Crippen LogP contribution in [-0.4, -0.2) is 579 Å². The minimum Gasteiger partial charge on any atom is -0.394 e. The third-order valence-corrected chi connectivity index (χ3v) is 32.6. The molecule has 0 aromatic rings. The standard InChI is InChI=1S/C73H134O54S6/c1-108-67-61(93)64(112-11-5-23-133(106,107)31-19-120-73-63(95)66(114-13-7-25-132(104,105)29-17-118-71-60(92)56(88)49(81)42(35-77)124-71)52(84)45(127-73)38-111-10-4-21-129(98,99)27-15-116-69-58(90)54(86)47(79)40(33-75)122-69)50(82)43(125-67)36-109-8-2-22-130(100,101)30-18-119-72-62(94)65(113-12-6-24-131(102,103)28-16-117-70-59(91)55(87)48(80)41(34-76)123-70)51(83)44(126-72)37-110-9-3-20-128(96,97)26-14-115-68-57(89)53(85)46(78)39(32-74)121-68/h39-95H,2-38H2,1H3/t39-,40-,41-,42-,43-,44-,45-,46-,47-,48-,49-,50-,51-,52-,53+,54+,55+,56+,57+,58+,59+,60+,61+,62+,63+,64+,65+,66+,67+,68+,69+,70+,71+,72+,73+/m1/s1. The van der Waals surface area contributed by atoms with E-state index in [2.05, 4.69) is 0 Å². The molecule has 0 saturated carbocycles. The largest absolute Gasteiger partial charge is 0.394 e. The Morgan fingerprint density at radius 2 is 0.376 bits per heavy atom. The number of methoxy groups -OCH3 is 1. The Morgan fingerprint density at radius 1 is 0.195 bits per heavy atom. The summed E-state index contributed by atoms with van der Waals surface area (Å²) in [6, 6.07) is 0. The molecular formula is C73H134O54S6. The highest BCUT2D eigenvalue weighted by Crippen LogP contribution is 2.32. The van der Waals surface area contributed by atoms with Crippen molar-refractivity contribution in [3.8, 4) is 0 Å². The van der Waals surface area contributed by atoms with E-state index in [1.165, 1.54) is 0 Å². The molecule has 7 saturated heterocycles. The van der Waals surface area contributed by atoms with Gasteiger partial charge in [-0.2, -0.15) is 0 Å². The van der Waals surface area contributed by atoms with Crippen molar-refractivity contribution in [2.75, 3.05) is 202 Å². The predicted octanol–water partition coefficient (Wildman–Crippen LogP) is -16.7. The number of hydrogen-bond acceptors (Lipinski definition) is 54. The summed E-state index contributed by atoms with van der Waals surface area (Å²) in [5, 5.41) is 227. The van der Waals surface area contributed by atoms with Gasteiger partial charge in [-0.05, 0) is 38.5 Å². The van der Waals surface area contributed by atoms with Gasteiger partial charge in [0.05, 0.1) is 155 Å². The van der Waals surface area contributed by atoms with Crippen LogP contribution in [0.2, 0.25) is 0 Å². The van der Waals surface area contributed by atoms with Gasteiger partial charge in [-0.15, -0.1) is 0 Å². The molecule has 7 rings (SSSR count). The molecule has 0 aliphatic carbocycles. The monoisotopic (exact) mass is 2070 g/mol. The van der Waals surface area contributed by atoms with Crippen molar-refractivity contribution >= 4 is 59.0 Å². The van der Waals surface area contributed by atoms with Crippen LogP contribution in [0.5, 0.6) is 0 Å². The predicted molar refractivity (Wildman–Crippen MR) is 441 cm³/mol. The minimum absolute atomic E-state index is 0.154. The number of hydrogen-bond donors (Lipinski definition) is 22. The molecule has 0 spiro atoms. The van der Waals surface area contributed by atoms with E-state index in [1.807, 2.05) is 0 Å². The van der Waals surface area contributed by atoms with E-state index in [0.717, 1.165) is 7.11 Å². The molecule has 7 fully saturated rings. The minimum atomic E-state index is -4.09. The van der Waals surface area contributed by atoms with Crippen LogP contribution in [-0.2, 0) is 154 Å². The van der Waals surface area contributed by atoms with Crippen molar-refractivity contribution in [3.63, 3.8) is 0 Å². The van der Waals surface area contributed by atoms with Gasteiger partial charge in [0.1, 0.15) is 171 Å². The van der Waals surface area contributed by atoms with Gasteiger partial charge in [-0.1, -0.05) is 0 Å².